The molecule has 0 aromatic carbocycles. The highest BCUT2D eigenvalue weighted by Crippen LogP contribution is 2.26. The van der Waals surface area contributed by atoms with Gasteiger partial charge in [-0.3, -0.25) is 0 Å². The van der Waals surface area contributed by atoms with Crippen LogP contribution in [0.4, 0.5) is 5.82 Å². The first-order valence-electron chi connectivity index (χ1n) is 4.66. The van der Waals surface area contributed by atoms with Gasteiger partial charge in [-0.1, -0.05) is 0 Å². The van der Waals surface area contributed by atoms with Crippen LogP contribution in [-0.4, -0.2) is 34.3 Å². The third kappa shape index (κ3) is 1.83. The van der Waals surface area contributed by atoms with Gasteiger partial charge in [-0.25, -0.2) is 9.97 Å². The molecule has 0 aliphatic carbocycles. The highest BCUT2D eigenvalue weighted by molar-refractivity contribution is 14.1. The van der Waals surface area contributed by atoms with E-state index < -0.39 is 0 Å². The Hall–Kier alpha value is -0.430. The van der Waals surface area contributed by atoms with E-state index in [-0.39, 0.29) is 12.6 Å². The summed E-state index contributed by atoms with van der Waals surface area (Å²) in [4.78, 5) is 10.4. The van der Waals surface area contributed by atoms with E-state index in [0.717, 1.165) is 28.8 Å². The second-order valence-electron chi connectivity index (χ2n) is 3.37. The summed E-state index contributed by atoms with van der Waals surface area (Å²) in [6.45, 7) is 1.19. The van der Waals surface area contributed by atoms with Crippen LogP contribution in [0.25, 0.3) is 0 Å². The van der Waals surface area contributed by atoms with Gasteiger partial charge in [0.25, 0.3) is 0 Å². The van der Waals surface area contributed by atoms with Gasteiger partial charge in [0.15, 0.2) is 0 Å². The zero-order valence-electron chi connectivity index (χ0n) is 7.73. The Balaban J connectivity index is 2.26. The van der Waals surface area contributed by atoms with Crippen molar-refractivity contribution >= 4 is 28.4 Å². The topological polar surface area (TPSA) is 49.2 Å². The van der Waals surface area contributed by atoms with E-state index in [1.807, 2.05) is 0 Å². The number of aromatic nitrogens is 2. The van der Waals surface area contributed by atoms with Crippen LogP contribution in [0, 0.1) is 3.57 Å². The highest BCUT2D eigenvalue weighted by atomic mass is 127. The average molecular weight is 305 g/mol. The minimum atomic E-state index is 0.208. The van der Waals surface area contributed by atoms with Crippen molar-refractivity contribution in [3.05, 3.63) is 16.1 Å². The molecule has 1 aliphatic rings. The summed E-state index contributed by atoms with van der Waals surface area (Å²) in [7, 11) is 0. The number of nitrogens with zero attached hydrogens (tertiary/aromatic N) is 3. The summed E-state index contributed by atoms with van der Waals surface area (Å²) in [6, 6.07) is 0.235. The summed E-state index contributed by atoms with van der Waals surface area (Å²) < 4.78 is 1.05. The molecule has 0 amide bonds. The zero-order valence-corrected chi connectivity index (χ0v) is 9.88. The van der Waals surface area contributed by atoms with E-state index in [1.165, 1.54) is 0 Å². The van der Waals surface area contributed by atoms with Crippen molar-refractivity contribution in [3.8, 4) is 0 Å². The van der Waals surface area contributed by atoms with E-state index in [1.54, 1.807) is 12.5 Å². The predicted octanol–water partition coefficient (Wildman–Crippen LogP) is 1.04. The van der Waals surface area contributed by atoms with Crippen molar-refractivity contribution in [1.29, 1.82) is 0 Å². The molecule has 1 N–H and O–H groups in total. The summed E-state index contributed by atoms with van der Waals surface area (Å²) in [5.74, 6) is 0.956. The summed E-state index contributed by atoms with van der Waals surface area (Å²) >= 11 is 2.23. The molecule has 1 aliphatic heterocycles. The summed E-state index contributed by atoms with van der Waals surface area (Å²) in [5, 5.41) is 9.20. The number of rotatable bonds is 2. The standard InChI is InChI=1S/C9H12IN3O/c10-8-4-11-6-12-9(8)13-3-1-2-7(13)5-14/h4,6-7,14H,1-3,5H2. The van der Waals surface area contributed by atoms with Crippen LogP contribution in [0.2, 0.25) is 0 Å². The molecule has 2 rings (SSSR count). The largest absolute Gasteiger partial charge is 0.394 e. The maximum Gasteiger partial charge on any atom is 0.145 e. The lowest BCUT2D eigenvalue weighted by molar-refractivity contribution is 0.266. The van der Waals surface area contributed by atoms with Gasteiger partial charge in [0.1, 0.15) is 12.1 Å². The number of halogens is 1. The average Bonchev–Trinajstić information content (AvgIpc) is 2.66. The molecule has 0 bridgehead atoms. The zero-order chi connectivity index (χ0) is 9.97. The Labute approximate surface area is 96.5 Å². The molecule has 1 saturated heterocycles. The van der Waals surface area contributed by atoms with Gasteiger partial charge in [0.2, 0.25) is 0 Å². The van der Waals surface area contributed by atoms with Gasteiger partial charge in [-0.2, -0.15) is 0 Å². The second kappa shape index (κ2) is 4.39. The van der Waals surface area contributed by atoms with Crippen molar-refractivity contribution < 1.29 is 5.11 Å². The van der Waals surface area contributed by atoms with E-state index in [4.69, 9.17) is 0 Å². The maximum atomic E-state index is 9.20. The molecule has 14 heavy (non-hydrogen) atoms. The van der Waals surface area contributed by atoms with Crippen molar-refractivity contribution in [2.45, 2.75) is 18.9 Å². The van der Waals surface area contributed by atoms with Crippen LogP contribution >= 0.6 is 22.6 Å². The molecule has 0 saturated carbocycles. The van der Waals surface area contributed by atoms with Gasteiger partial charge < -0.3 is 10.0 Å². The van der Waals surface area contributed by atoms with Gasteiger partial charge in [0.05, 0.1) is 16.2 Å². The summed E-state index contributed by atoms with van der Waals surface area (Å²) in [6.07, 6.45) is 5.54. The van der Waals surface area contributed by atoms with Crippen LogP contribution in [0.1, 0.15) is 12.8 Å². The fourth-order valence-electron chi connectivity index (χ4n) is 1.82. The molecular weight excluding hydrogens is 293 g/mol. The molecular formula is C9H12IN3O. The SMILES string of the molecule is OCC1CCCN1c1ncncc1I. The van der Waals surface area contributed by atoms with E-state index in [9.17, 15) is 5.11 Å². The molecule has 1 unspecified atom stereocenters. The van der Waals surface area contributed by atoms with Gasteiger partial charge in [-0.05, 0) is 35.4 Å². The molecule has 4 nitrogen and oxygen atoms in total. The Kier molecular flexibility index (Phi) is 3.17. The molecule has 1 aromatic heterocycles. The molecule has 76 valence electrons. The number of hydrogen-bond acceptors (Lipinski definition) is 4. The Morgan fingerprint density at radius 3 is 3.21 bits per heavy atom. The molecule has 0 spiro atoms. The molecule has 2 heterocycles. The molecule has 1 aromatic rings. The highest BCUT2D eigenvalue weighted by Gasteiger charge is 2.26. The van der Waals surface area contributed by atoms with Crippen LogP contribution in [0.5, 0.6) is 0 Å². The molecule has 1 atom stereocenters. The fraction of sp³-hybridized carbons (Fsp3) is 0.556. The normalized spacial score (nSPS) is 21.6. The first kappa shape index (κ1) is 10.1. The molecule has 5 heteroatoms. The third-order valence-corrected chi connectivity index (χ3v) is 3.27. The minimum absolute atomic E-state index is 0.208. The first-order chi connectivity index (χ1) is 6.83. The van der Waals surface area contributed by atoms with E-state index >= 15 is 0 Å². The number of hydrogen-bond donors (Lipinski definition) is 1. The Morgan fingerprint density at radius 1 is 1.64 bits per heavy atom. The monoisotopic (exact) mass is 305 g/mol. The third-order valence-electron chi connectivity index (χ3n) is 2.51. The summed E-state index contributed by atoms with van der Waals surface area (Å²) in [5.41, 5.74) is 0. The number of aliphatic hydroxyl groups excluding tert-OH is 1. The van der Waals surface area contributed by atoms with Gasteiger partial charge >= 0.3 is 0 Å². The van der Waals surface area contributed by atoms with Crippen molar-refractivity contribution in [2.75, 3.05) is 18.1 Å². The van der Waals surface area contributed by atoms with Crippen molar-refractivity contribution in [2.24, 2.45) is 0 Å². The maximum absolute atomic E-state index is 9.20. The lowest BCUT2D eigenvalue weighted by Crippen LogP contribution is -2.33. The van der Waals surface area contributed by atoms with E-state index in [2.05, 4.69) is 37.5 Å². The van der Waals surface area contributed by atoms with Gasteiger partial charge in [0, 0.05) is 12.7 Å². The molecule has 1 fully saturated rings. The number of anilines is 1. The van der Waals surface area contributed by atoms with E-state index in [0.29, 0.717) is 0 Å². The predicted molar refractivity (Wildman–Crippen MR) is 62.2 cm³/mol. The molecule has 0 radical (unpaired) electrons. The fourth-order valence-corrected chi connectivity index (χ4v) is 2.43. The van der Waals surface area contributed by atoms with Crippen molar-refractivity contribution in [1.82, 2.24) is 9.97 Å². The Morgan fingerprint density at radius 2 is 2.50 bits per heavy atom. The van der Waals surface area contributed by atoms with Crippen LogP contribution in [0.3, 0.4) is 0 Å². The number of aliphatic hydroxyl groups is 1. The second-order valence-corrected chi connectivity index (χ2v) is 4.53. The quantitative estimate of drug-likeness (QED) is 0.830. The minimum Gasteiger partial charge on any atom is -0.394 e. The van der Waals surface area contributed by atoms with Crippen molar-refractivity contribution in [3.63, 3.8) is 0 Å². The smallest absolute Gasteiger partial charge is 0.145 e. The lowest BCUT2D eigenvalue weighted by atomic mass is 10.2. The Bertz CT molecular complexity index is 321. The van der Waals surface area contributed by atoms with Crippen LogP contribution in [0.15, 0.2) is 12.5 Å². The van der Waals surface area contributed by atoms with Crippen LogP contribution < -0.4 is 4.90 Å². The van der Waals surface area contributed by atoms with Crippen LogP contribution in [-0.2, 0) is 0 Å². The first-order valence-corrected chi connectivity index (χ1v) is 5.74. The van der Waals surface area contributed by atoms with Gasteiger partial charge in [-0.15, -0.1) is 0 Å². The lowest BCUT2D eigenvalue weighted by Gasteiger charge is -2.24.